The number of aryl methyl sites for hydroxylation is 1. The van der Waals surface area contributed by atoms with E-state index in [2.05, 4.69) is 10.2 Å². The van der Waals surface area contributed by atoms with Crippen molar-refractivity contribution in [2.45, 2.75) is 25.6 Å². The van der Waals surface area contributed by atoms with E-state index in [1.54, 1.807) is 13.2 Å². The summed E-state index contributed by atoms with van der Waals surface area (Å²) in [5.74, 6) is 1.54. The fourth-order valence-corrected chi connectivity index (χ4v) is 3.90. The van der Waals surface area contributed by atoms with E-state index in [4.69, 9.17) is 9.47 Å². The van der Waals surface area contributed by atoms with Crippen molar-refractivity contribution in [1.82, 2.24) is 19.4 Å². The molecule has 2 aromatic rings. The van der Waals surface area contributed by atoms with Gasteiger partial charge in [-0.05, 0) is 30.7 Å². The summed E-state index contributed by atoms with van der Waals surface area (Å²) in [6.07, 6.45) is 2.68. The first-order chi connectivity index (χ1) is 13.5. The quantitative estimate of drug-likeness (QED) is 0.792. The Hall–Kier alpha value is -2.58. The van der Waals surface area contributed by atoms with Crippen molar-refractivity contribution in [2.24, 2.45) is 14.1 Å². The Bertz CT molecular complexity index is 975. The predicted molar refractivity (Wildman–Crippen MR) is 105 cm³/mol. The van der Waals surface area contributed by atoms with Crippen molar-refractivity contribution in [3.63, 3.8) is 0 Å². The molecule has 2 aliphatic rings. The van der Waals surface area contributed by atoms with Crippen LogP contribution < -0.4 is 26.0 Å². The monoisotopic (exact) mass is 386 g/mol. The Morgan fingerprint density at radius 1 is 1.14 bits per heavy atom. The van der Waals surface area contributed by atoms with Gasteiger partial charge in [0.05, 0.1) is 0 Å². The summed E-state index contributed by atoms with van der Waals surface area (Å²) in [6, 6.07) is 6.33. The first kappa shape index (κ1) is 18.8. The lowest BCUT2D eigenvalue weighted by atomic mass is 10.1. The third-order valence-electron chi connectivity index (χ3n) is 5.43. The molecule has 28 heavy (non-hydrogen) atoms. The van der Waals surface area contributed by atoms with Gasteiger partial charge in [0.2, 0.25) is 0 Å². The first-order valence-electron chi connectivity index (χ1n) is 9.62. The number of ether oxygens (including phenoxy) is 2. The molecule has 0 amide bonds. The third-order valence-corrected chi connectivity index (χ3v) is 5.43. The van der Waals surface area contributed by atoms with Crippen LogP contribution in [0.5, 0.6) is 11.5 Å². The van der Waals surface area contributed by atoms with Crippen LogP contribution in [0.3, 0.4) is 0 Å². The van der Waals surface area contributed by atoms with Crippen LogP contribution in [-0.2, 0) is 27.2 Å². The highest BCUT2D eigenvalue weighted by molar-refractivity contribution is 5.43. The zero-order valence-electron chi connectivity index (χ0n) is 16.3. The van der Waals surface area contributed by atoms with Crippen LogP contribution >= 0.6 is 0 Å². The Morgan fingerprint density at radius 2 is 1.93 bits per heavy atom. The molecule has 2 aliphatic heterocycles. The molecule has 1 saturated heterocycles. The normalized spacial score (nSPS) is 18.6. The van der Waals surface area contributed by atoms with E-state index in [0.717, 1.165) is 36.6 Å². The Kier molecular flexibility index (Phi) is 5.23. The van der Waals surface area contributed by atoms with E-state index in [9.17, 15) is 9.59 Å². The zero-order chi connectivity index (χ0) is 19.7. The van der Waals surface area contributed by atoms with E-state index in [0.29, 0.717) is 37.9 Å². The second kappa shape index (κ2) is 7.81. The number of nitrogens with one attached hydrogen (secondary N) is 1. The highest BCUT2D eigenvalue weighted by atomic mass is 16.6. The molecular weight excluding hydrogens is 360 g/mol. The number of benzene rings is 1. The minimum atomic E-state index is -0.310. The van der Waals surface area contributed by atoms with Crippen molar-refractivity contribution in [1.29, 1.82) is 0 Å². The van der Waals surface area contributed by atoms with Crippen molar-refractivity contribution < 1.29 is 9.47 Å². The van der Waals surface area contributed by atoms with Gasteiger partial charge in [-0.2, -0.15) is 0 Å². The molecule has 1 atom stereocenters. The molecule has 0 saturated carbocycles. The molecule has 0 aliphatic carbocycles. The number of aromatic nitrogens is 2. The van der Waals surface area contributed by atoms with Gasteiger partial charge in [0.15, 0.2) is 11.5 Å². The van der Waals surface area contributed by atoms with Gasteiger partial charge in [0, 0.05) is 51.5 Å². The maximum Gasteiger partial charge on any atom is 0.330 e. The first-order valence-corrected chi connectivity index (χ1v) is 9.62. The van der Waals surface area contributed by atoms with Gasteiger partial charge in [0.1, 0.15) is 13.2 Å². The van der Waals surface area contributed by atoms with Crippen molar-refractivity contribution in [2.75, 3.05) is 26.3 Å². The molecule has 150 valence electrons. The van der Waals surface area contributed by atoms with Gasteiger partial charge in [-0.25, -0.2) is 4.79 Å². The summed E-state index contributed by atoms with van der Waals surface area (Å²) in [5.41, 5.74) is 1.18. The molecule has 0 bridgehead atoms. The Labute approximate surface area is 163 Å². The molecule has 0 unspecified atom stereocenters. The fraction of sp³-hybridized carbons (Fsp3) is 0.500. The van der Waals surface area contributed by atoms with Crippen molar-refractivity contribution >= 4 is 0 Å². The van der Waals surface area contributed by atoms with E-state index in [1.807, 2.05) is 18.2 Å². The smallest absolute Gasteiger partial charge is 0.330 e. The number of hydrogen-bond acceptors (Lipinski definition) is 6. The second-order valence-electron chi connectivity index (χ2n) is 7.44. The zero-order valence-corrected chi connectivity index (χ0v) is 16.3. The lowest BCUT2D eigenvalue weighted by Crippen LogP contribution is -2.42. The van der Waals surface area contributed by atoms with E-state index >= 15 is 0 Å². The molecule has 0 radical (unpaired) electrons. The largest absolute Gasteiger partial charge is 0.486 e. The minimum Gasteiger partial charge on any atom is -0.486 e. The maximum atomic E-state index is 12.6. The predicted octanol–water partition coefficient (Wildman–Crippen LogP) is 0.219. The van der Waals surface area contributed by atoms with E-state index in [1.165, 1.54) is 16.2 Å². The van der Waals surface area contributed by atoms with Crippen LogP contribution in [0.4, 0.5) is 0 Å². The fourth-order valence-electron chi connectivity index (χ4n) is 3.90. The molecule has 8 heteroatoms. The van der Waals surface area contributed by atoms with Gasteiger partial charge in [-0.3, -0.25) is 14.3 Å². The van der Waals surface area contributed by atoms with Crippen LogP contribution in [0.1, 0.15) is 17.5 Å². The summed E-state index contributed by atoms with van der Waals surface area (Å²) in [5, 5.41) is 3.40. The van der Waals surface area contributed by atoms with Crippen LogP contribution in [-0.4, -0.2) is 46.4 Å². The molecule has 3 heterocycles. The van der Waals surface area contributed by atoms with Crippen LogP contribution in [0.2, 0.25) is 0 Å². The number of fused-ring (bicyclic) bond motifs is 1. The topological polar surface area (TPSA) is 77.7 Å². The highest BCUT2D eigenvalue weighted by Gasteiger charge is 2.24. The third kappa shape index (κ3) is 3.70. The average Bonchev–Trinajstić information content (AvgIpc) is 3.24. The summed E-state index contributed by atoms with van der Waals surface area (Å²) in [7, 11) is 3.20. The van der Waals surface area contributed by atoms with Crippen molar-refractivity contribution in [3.05, 3.63) is 56.4 Å². The molecule has 1 aromatic carbocycles. The summed E-state index contributed by atoms with van der Waals surface area (Å²) in [4.78, 5) is 26.9. The number of hydrogen-bond donors (Lipinski definition) is 1. The van der Waals surface area contributed by atoms with Gasteiger partial charge in [-0.1, -0.05) is 6.07 Å². The van der Waals surface area contributed by atoms with Gasteiger partial charge >= 0.3 is 5.69 Å². The lowest BCUT2D eigenvalue weighted by Gasteiger charge is -2.29. The summed E-state index contributed by atoms with van der Waals surface area (Å²) in [6.45, 7) is 4.16. The van der Waals surface area contributed by atoms with E-state index < -0.39 is 0 Å². The minimum absolute atomic E-state index is 0.235. The Morgan fingerprint density at radius 3 is 2.68 bits per heavy atom. The molecule has 4 rings (SSSR count). The SMILES string of the molecule is Cn1cc(CN(Cc2ccc3c(c2)OCCO3)[C@H]2CCNC2)c(=O)n(C)c1=O. The van der Waals surface area contributed by atoms with Crippen molar-refractivity contribution in [3.8, 4) is 11.5 Å². The van der Waals surface area contributed by atoms with Gasteiger partial charge < -0.3 is 19.4 Å². The van der Waals surface area contributed by atoms with Crippen LogP contribution in [0.25, 0.3) is 0 Å². The summed E-state index contributed by atoms with van der Waals surface area (Å²) < 4.78 is 13.9. The number of nitrogens with zero attached hydrogens (tertiary/aromatic N) is 3. The lowest BCUT2D eigenvalue weighted by molar-refractivity contribution is 0.169. The number of rotatable bonds is 5. The molecule has 0 spiro atoms. The standard InChI is InChI=1S/C20H26N4O4/c1-22-12-15(19(25)23(2)20(22)26)13-24(16-5-6-21-10-16)11-14-3-4-17-18(9-14)28-8-7-27-17/h3-4,9,12,16,21H,5-8,10-11,13H2,1-2H3/t16-/m0/s1. The molecule has 1 N–H and O–H groups in total. The molecular formula is C20H26N4O4. The average molecular weight is 386 g/mol. The molecule has 1 fully saturated rings. The van der Waals surface area contributed by atoms with Gasteiger partial charge in [-0.15, -0.1) is 0 Å². The molecule has 8 nitrogen and oxygen atoms in total. The Balaban J connectivity index is 1.62. The molecule has 1 aromatic heterocycles. The van der Waals surface area contributed by atoms with Crippen LogP contribution in [0, 0.1) is 0 Å². The van der Waals surface area contributed by atoms with E-state index in [-0.39, 0.29) is 11.2 Å². The van der Waals surface area contributed by atoms with Crippen LogP contribution in [0.15, 0.2) is 34.0 Å². The van der Waals surface area contributed by atoms with Gasteiger partial charge in [0.25, 0.3) is 5.56 Å². The highest BCUT2D eigenvalue weighted by Crippen LogP contribution is 2.31. The second-order valence-corrected chi connectivity index (χ2v) is 7.44. The maximum absolute atomic E-state index is 12.6. The summed E-state index contributed by atoms with van der Waals surface area (Å²) >= 11 is 0.